The fraction of sp³-hybridized carbons (Fsp3) is 0.308. The van der Waals surface area contributed by atoms with E-state index in [0.717, 1.165) is 5.69 Å². The number of nitrogens with zero attached hydrogens (tertiary/aromatic N) is 2. The molecule has 15 heavy (non-hydrogen) atoms. The van der Waals surface area contributed by atoms with Crippen LogP contribution in [0.5, 0.6) is 0 Å². The van der Waals surface area contributed by atoms with Crippen molar-refractivity contribution in [3.8, 4) is 0 Å². The minimum absolute atomic E-state index is 0.307. The lowest BCUT2D eigenvalue weighted by molar-refractivity contribution is 0.594. The molecular weight excluding hydrogens is 184 g/mol. The van der Waals surface area contributed by atoms with E-state index in [2.05, 4.69) is 48.5 Å². The lowest BCUT2D eigenvalue weighted by atomic mass is 10.2. The molecule has 0 aromatic carbocycles. The molecule has 0 spiro atoms. The number of rotatable bonds is 2. The number of aromatic nitrogens is 2. The van der Waals surface area contributed by atoms with E-state index < -0.39 is 0 Å². The Morgan fingerprint density at radius 3 is 2.27 bits per heavy atom. The maximum atomic E-state index is 4.40. The Morgan fingerprint density at radius 2 is 1.73 bits per heavy atom. The van der Waals surface area contributed by atoms with E-state index in [9.17, 15) is 0 Å². The minimum Gasteiger partial charge on any atom is -0.341 e. The third kappa shape index (κ3) is 1.80. The van der Waals surface area contributed by atoms with Crippen LogP contribution in [0, 0.1) is 13.8 Å². The summed E-state index contributed by atoms with van der Waals surface area (Å²) in [5.74, 6) is 0. The summed E-state index contributed by atoms with van der Waals surface area (Å²) >= 11 is 0. The quantitative estimate of drug-likeness (QED) is 0.728. The maximum absolute atomic E-state index is 4.40. The summed E-state index contributed by atoms with van der Waals surface area (Å²) < 4.78 is 2.31. The Balaban J connectivity index is 2.41. The summed E-state index contributed by atoms with van der Waals surface area (Å²) in [6.07, 6.45) is 1.85. The van der Waals surface area contributed by atoms with Crippen LogP contribution in [-0.4, -0.2) is 9.55 Å². The van der Waals surface area contributed by atoms with Crippen molar-refractivity contribution in [3.63, 3.8) is 0 Å². The Hall–Kier alpha value is -1.57. The van der Waals surface area contributed by atoms with E-state index in [0.29, 0.717) is 6.04 Å². The summed E-state index contributed by atoms with van der Waals surface area (Å²) in [6.45, 7) is 6.45. The van der Waals surface area contributed by atoms with Crippen LogP contribution in [-0.2, 0) is 0 Å². The van der Waals surface area contributed by atoms with Crippen molar-refractivity contribution in [2.45, 2.75) is 26.8 Å². The molecular formula is C13H16N2. The Kier molecular flexibility index (Phi) is 2.58. The lowest BCUT2D eigenvalue weighted by Crippen LogP contribution is -2.11. The smallest absolute Gasteiger partial charge is 0.0728 e. The number of aryl methyl sites for hydroxylation is 2. The molecule has 0 aliphatic heterocycles. The van der Waals surface area contributed by atoms with Crippen LogP contribution >= 0.6 is 0 Å². The molecule has 0 N–H and O–H groups in total. The van der Waals surface area contributed by atoms with E-state index in [1.54, 1.807) is 0 Å². The van der Waals surface area contributed by atoms with Crippen LogP contribution in [0.2, 0.25) is 0 Å². The van der Waals surface area contributed by atoms with Crippen molar-refractivity contribution in [2.24, 2.45) is 0 Å². The van der Waals surface area contributed by atoms with Crippen molar-refractivity contribution in [1.82, 2.24) is 9.55 Å². The second-order valence-electron chi connectivity index (χ2n) is 3.92. The van der Waals surface area contributed by atoms with Crippen LogP contribution in [0.3, 0.4) is 0 Å². The molecule has 0 bridgehead atoms. The SMILES string of the molecule is Cc1ccc(C)n1C(C)c1ccccn1. The Labute approximate surface area is 90.6 Å². The Morgan fingerprint density at radius 1 is 1.07 bits per heavy atom. The lowest BCUT2D eigenvalue weighted by Gasteiger charge is -2.17. The molecule has 0 saturated carbocycles. The predicted molar refractivity (Wildman–Crippen MR) is 62.0 cm³/mol. The van der Waals surface area contributed by atoms with Gasteiger partial charge >= 0.3 is 0 Å². The second kappa shape index (κ2) is 3.89. The molecule has 0 saturated heterocycles. The largest absolute Gasteiger partial charge is 0.341 e. The highest BCUT2D eigenvalue weighted by molar-refractivity contribution is 5.19. The third-order valence-electron chi connectivity index (χ3n) is 2.83. The fourth-order valence-electron chi connectivity index (χ4n) is 2.05. The van der Waals surface area contributed by atoms with Crippen LogP contribution < -0.4 is 0 Å². The highest BCUT2D eigenvalue weighted by Crippen LogP contribution is 2.20. The topological polar surface area (TPSA) is 17.8 Å². The molecule has 1 unspecified atom stereocenters. The molecule has 2 rings (SSSR count). The molecule has 2 aromatic heterocycles. The van der Waals surface area contributed by atoms with E-state index in [1.807, 2.05) is 18.3 Å². The number of pyridine rings is 1. The first-order chi connectivity index (χ1) is 7.20. The van der Waals surface area contributed by atoms with Crippen LogP contribution in [0.4, 0.5) is 0 Å². The molecule has 78 valence electrons. The van der Waals surface area contributed by atoms with Crippen molar-refractivity contribution in [2.75, 3.05) is 0 Å². The summed E-state index contributed by atoms with van der Waals surface area (Å²) in [6, 6.07) is 10.7. The highest BCUT2D eigenvalue weighted by atomic mass is 15.0. The predicted octanol–water partition coefficient (Wildman–Crippen LogP) is 3.11. The van der Waals surface area contributed by atoms with Gasteiger partial charge in [0.05, 0.1) is 11.7 Å². The molecule has 2 aromatic rings. The van der Waals surface area contributed by atoms with Gasteiger partial charge in [0.25, 0.3) is 0 Å². The molecule has 1 atom stereocenters. The van der Waals surface area contributed by atoms with Gasteiger partial charge in [-0.3, -0.25) is 4.98 Å². The number of hydrogen-bond acceptors (Lipinski definition) is 1. The van der Waals surface area contributed by atoms with Gasteiger partial charge in [0.2, 0.25) is 0 Å². The standard InChI is InChI=1S/C13H16N2/c1-10-7-8-11(2)15(10)12(3)13-6-4-5-9-14-13/h4-9,12H,1-3H3. The molecule has 2 heteroatoms. The van der Waals surface area contributed by atoms with Gasteiger partial charge in [0, 0.05) is 17.6 Å². The van der Waals surface area contributed by atoms with Crippen molar-refractivity contribution >= 4 is 0 Å². The van der Waals surface area contributed by atoms with Gasteiger partial charge in [0.1, 0.15) is 0 Å². The first kappa shape index (κ1) is 9.97. The van der Waals surface area contributed by atoms with E-state index in [-0.39, 0.29) is 0 Å². The molecule has 2 heterocycles. The summed E-state index contributed by atoms with van der Waals surface area (Å²) in [4.78, 5) is 4.40. The maximum Gasteiger partial charge on any atom is 0.0728 e. The van der Waals surface area contributed by atoms with Crippen LogP contribution in [0.15, 0.2) is 36.5 Å². The van der Waals surface area contributed by atoms with Gasteiger partial charge < -0.3 is 4.57 Å². The van der Waals surface area contributed by atoms with Crippen LogP contribution in [0.25, 0.3) is 0 Å². The molecule has 0 aliphatic carbocycles. The van der Waals surface area contributed by atoms with E-state index >= 15 is 0 Å². The van der Waals surface area contributed by atoms with E-state index in [4.69, 9.17) is 0 Å². The first-order valence-electron chi connectivity index (χ1n) is 5.25. The molecule has 0 radical (unpaired) electrons. The summed E-state index contributed by atoms with van der Waals surface area (Å²) in [5.41, 5.74) is 3.68. The molecule has 0 fully saturated rings. The normalized spacial score (nSPS) is 12.7. The molecule has 2 nitrogen and oxygen atoms in total. The molecule has 0 amide bonds. The molecule has 0 aliphatic rings. The van der Waals surface area contributed by atoms with Crippen molar-refractivity contribution in [1.29, 1.82) is 0 Å². The highest BCUT2D eigenvalue weighted by Gasteiger charge is 2.11. The summed E-state index contributed by atoms with van der Waals surface area (Å²) in [7, 11) is 0. The minimum atomic E-state index is 0.307. The van der Waals surface area contributed by atoms with E-state index in [1.165, 1.54) is 11.4 Å². The zero-order valence-corrected chi connectivity index (χ0v) is 9.44. The van der Waals surface area contributed by atoms with Crippen LogP contribution in [0.1, 0.15) is 30.0 Å². The zero-order valence-electron chi connectivity index (χ0n) is 9.44. The summed E-state index contributed by atoms with van der Waals surface area (Å²) in [5, 5.41) is 0. The van der Waals surface area contributed by atoms with Crippen molar-refractivity contribution in [3.05, 3.63) is 53.6 Å². The van der Waals surface area contributed by atoms with Crippen molar-refractivity contribution < 1.29 is 0 Å². The van der Waals surface area contributed by atoms with Gasteiger partial charge in [-0.15, -0.1) is 0 Å². The number of hydrogen-bond donors (Lipinski definition) is 0. The van der Waals surface area contributed by atoms with Gasteiger partial charge in [-0.25, -0.2) is 0 Å². The first-order valence-corrected chi connectivity index (χ1v) is 5.25. The van der Waals surface area contributed by atoms with Gasteiger partial charge in [-0.05, 0) is 45.0 Å². The van der Waals surface area contributed by atoms with Gasteiger partial charge in [-0.1, -0.05) is 6.07 Å². The monoisotopic (exact) mass is 200 g/mol. The zero-order chi connectivity index (χ0) is 10.8. The Bertz CT molecular complexity index is 423. The second-order valence-corrected chi connectivity index (χ2v) is 3.92. The average Bonchev–Trinajstić information content (AvgIpc) is 2.59. The van der Waals surface area contributed by atoms with Gasteiger partial charge in [-0.2, -0.15) is 0 Å². The fourth-order valence-corrected chi connectivity index (χ4v) is 2.05. The van der Waals surface area contributed by atoms with Gasteiger partial charge in [0.15, 0.2) is 0 Å². The third-order valence-corrected chi connectivity index (χ3v) is 2.83. The average molecular weight is 200 g/mol.